The summed E-state index contributed by atoms with van der Waals surface area (Å²) in [6.07, 6.45) is 2.12. The van der Waals surface area contributed by atoms with E-state index in [1.165, 1.54) is 0 Å². The highest BCUT2D eigenvalue weighted by molar-refractivity contribution is 5.94. The van der Waals surface area contributed by atoms with Gasteiger partial charge >= 0.3 is 0 Å². The Bertz CT molecular complexity index is 756. The molecule has 0 aliphatic carbocycles. The van der Waals surface area contributed by atoms with Crippen molar-refractivity contribution >= 4 is 28.9 Å². The molecule has 2 aromatic rings. The number of anilines is 3. The normalized spacial score (nSPS) is 10.4. The van der Waals surface area contributed by atoms with E-state index in [0.29, 0.717) is 6.61 Å². The van der Waals surface area contributed by atoms with Crippen molar-refractivity contribution in [3.8, 4) is 5.75 Å². The van der Waals surface area contributed by atoms with Crippen LogP contribution in [0, 0.1) is 5.92 Å². The molecule has 28 heavy (non-hydrogen) atoms. The Morgan fingerprint density at radius 2 is 1.46 bits per heavy atom. The van der Waals surface area contributed by atoms with Crippen molar-refractivity contribution in [2.24, 2.45) is 5.92 Å². The van der Waals surface area contributed by atoms with Crippen LogP contribution in [0.1, 0.15) is 33.6 Å². The highest BCUT2D eigenvalue weighted by Crippen LogP contribution is 2.17. The quantitative estimate of drug-likeness (QED) is 0.527. The second-order valence-electron chi connectivity index (χ2n) is 6.85. The molecule has 0 bridgehead atoms. The first-order valence-corrected chi connectivity index (χ1v) is 9.65. The van der Waals surface area contributed by atoms with E-state index in [0.717, 1.165) is 35.7 Å². The summed E-state index contributed by atoms with van der Waals surface area (Å²) in [6.45, 7) is 6.65. The monoisotopic (exact) mass is 383 g/mol. The molecular weight excluding hydrogens is 354 g/mol. The maximum Gasteiger partial charge on any atom is 0.243 e. The molecule has 2 amide bonds. The van der Waals surface area contributed by atoms with Crippen molar-refractivity contribution in [2.75, 3.05) is 29.1 Å². The molecule has 0 fully saturated rings. The topological polar surface area (TPSA) is 79.5 Å². The Labute approximate surface area is 166 Å². The number of hydrogen-bond donors (Lipinski definition) is 3. The molecule has 0 unspecified atom stereocenters. The Hall–Kier alpha value is -3.02. The molecule has 0 spiro atoms. The lowest BCUT2D eigenvalue weighted by Gasteiger charge is -2.11. The molecule has 0 saturated carbocycles. The molecule has 3 N–H and O–H groups in total. The highest BCUT2D eigenvalue weighted by atomic mass is 16.5. The second kappa shape index (κ2) is 11.0. The van der Waals surface area contributed by atoms with Crippen LogP contribution in [0.2, 0.25) is 0 Å². The summed E-state index contributed by atoms with van der Waals surface area (Å²) in [5.74, 6) is 0.561. The van der Waals surface area contributed by atoms with Crippen LogP contribution in [0.25, 0.3) is 0 Å². The van der Waals surface area contributed by atoms with E-state index in [-0.39, 0.29) is 24.3 Å². The van der Waals surface area contributed by atoms with Gasteiger partial charge in [-0.2, -0.15) is 0 Å². The van der Waals surface area contributed by atoms with Crippen molar-refractivity contribution in [2.45, 2.75) is 33.6 Å². The molecule has 0 radical (unpaired) electrons. The van der Waals surface area contributed by atoms with Crippen LogP contribution >= 0.6 is 0 Å². The van der Waals surface area contributed by atoms with Gasteiger partial charge in [-0.25, -0.2) is 0 Å². The predicted octanol–water partition coefficient (Wildman–Crippen LogP) is 4.51. The molecule has 2 aromatic carbocycles. The van der Waals surface area contributed by atoms with Gasteiger partial charge in [0.15, 0.2) is 0 Å². The number of ether oxygens (including phenoxy) is 1. The molecule has 150 valence electrons. The Morgan fingerprint density at radius 3 is 2.07 bits per heavy atom. The number of unbranched alkanes of at least 4 members (excludes halogenated alkanes) is 1. The number of amides is 2. The van der Waals surface area contributed by atoms with E-state index in [1.807, 2.05) is 50.2 Å². The van der Waals surface area contributed by atoms with Crippen LogP contribution in [0.4, 0.5) is 17.1 Å². The minimum Gasteiger partial charge on any atom is -0.494 e. The number of hydrogen-bond acceptors (Lipinski definition) is 4. The fourth-order valence-corrected chi connectivity index (χ4v) is 2.31. The lowest BCUT2D eigenvalue weighted by Crippen LogP contribution is -2.21. The van der Waals surface area contributed by atoms with E-state index in [4.69, 9.17) is 4.74 Å². The van der Waals surface area contributed by atoms with Gasteiger partial charge in [-0.05, 0) is 55.0 Å². The minimum absolute atomic E-state index is 0.0260. The van der Waals surface area contributed by atoms with Gasteiger partial charge in [0, 0.05) is 23.0 Å². The van der Waals surface area contributed by atoms with Crippen molar-refractivity contribution in [1.29, 1.82) is 0 Å². The molecular formula is C22H29N3O3. The van der Waals surface area contributed by atoms with E-state index in [2.05, 4.69) is 22.9 Å². The third-order valence-electron chi connectivity index (χ3n) is 4.03. The molecule has 0 saturated heterocycles. The van der Waals surface area contributed by atoms with Gasteiger partial charge in [0.25, 0.3) is 0 Å². The number of rotatable bonds is 10. The van der Waals surface area contributed by atoms with Gasteiger partial charge in [-0.1, -0.05) is 27.2 Å². The zero-order valence-corrected chi connectivity index (χ0v) is 16.7. The van der Waals surface area contributed by atoms with Crippen LogP contribution in [-0.2, 0) is 9.59 Å². The summed E-state index contributed by atoms with van der Waals surface area (Å²) in [7, 11) is 0. The number of carbonyl (C=O) groups is 2. The molecule has 6 heteroatoms. The van der Waals surface area contributed by atoms with E-state index in [1.54, 1.807) is 12.1 Å². The Balaban J connectivity index is 1.76. The average molecular weight is 383 g/mol. The second-order valence-corrected chi connectivity index (χ2v) is 6.85. The van der Waals surface area contributed by atoms with E-state index >= 15 is 0 Å². The summed E-state index contributed by atoms with van der Waals surface area (Å²) in [5.41, 5.74) is 2.26. The van der Waals surface area contributed by atoms with Crippen LogP contribution in [0.5, 0.6) is 5.75 Å². The van der Waals surface area contributed by atoms with Gasteiger partial charge in [0.2, 0.25) is 11.8 Å². The first-order chi connectivity index (χ1) is 13.5. The van der Waals surface area contributed by atoms with Crippen LogP contribution in [-0.4, -0.2) is 25.0 Å². The molecule has 0 atom stereocenters. The molecule has 0 aromatic heterocycles. The Morgan fingerprint density at radius 1 is 0.893 bits per heavy atom. The maximum atomic E-state index is 12.1. The highest BCUT2D eigenvalue weighted by Gasteiger charge is 2.07. The summed E-state index contributed by atoms with van der Waals surface area (Å²) in [6, 6.07) is 14.6. The smallest absolute Gasteiger partial charge is 0.243 e. The molecule has 0 aliphatic rings. The van der Waals surface area contributed by atoms with Crippen molar-refractivity contribution in [3.63, 3.8) is 0 Å². The first-order valence-electron chi connectivity index (χ1n) is 9.65. The fourth-order valence-electron chi connectivity index (χ4n) is 2.31. The van der Waals surface area contributed by atoms with Crippen LogP contribution in [0.3, 0.4) is 0 Å². The average Bonchev–Trinajstić information content (AvgIpc) is 2.69. The van der Waals surface area contributed by atoms with Gasteiger partial charge in [-0.3, -0.25) is 9.59 Å². The lowest BCUT2D eigenvalue weighted by atomic mass is 10.2. The molecule has 0 heterocycles. The summed E-state index contributed by atoms with van der Waals surface area (Å²) in [5, 5.41) is 8.74. The maximum absolute atomic E-state index is 12.1. The summed E-state index contributed by atoms with van der Waals surface area (Å²) >= 11 is 0. The zero-order chi connectivity index (χ0) is 20.4. The van der Waals surface area contributed by atoms with Crippen molar-refractivity contribution in [3.05, 3.63) is 48.5 Å². The lowest BCUT2D eigenvalue weighted by molar-refractivity contribution is -0.119. The predicted molar refractivity (Wildman–Crippen MR) is 114 cm³/mol. The number of benzene rings is 2. The van der Waals surface area contributed by atoms with Crippen molar-refractivity contribution < 1.29 is 14.3 Å². The number of nitrogens with one attached hydrogen (secondary N) is 3. The van der Waals surface area contributed by atoms with Gasteiger partial charge in [-0.15, -0.1) is 0 Å². The molecule has 0 aliphatic heterocycles. The van der Waals surface area contributed by atoms with Gasteiger partial charge in [0.05, 0.1) is 13.2 Å². The Kier molecular flexibility index (Phi) is 8.34. The van der Waals surface area contributed by atoms with Gasteiger partial charge < -0.3 is 20.7 Å². The zero-order valence-electron chi connectivity index (χ0n) is 16.7. The molecule has 6 nitrogen and oxygen atoms in total. The largest absolute Gasteiger partial charge is 0.494 e. The van der Waals surface area contributed by atoms with E-state index in [9.17, 15) is 9.59 Å². The summed E-state index contributed by atoms with van der Waals surface area (Å²) < 4.78 is 5.61. The molecule has 2 rings (SSSR count). The minimum atomic E-state index is -0.142. The SMILES string of the molecule is CCCCOc1ccc(NC(=O)CNc2ccc(NC(=O)C(C)C)cc2)cc1. The first kappa shape index (κ1) is 21.3. The third kappa shape index (κ3) is 7.31. The van der Waals surface area contributed by atoms with E-state index < -0.39 is 0 Å². The van der Waals surface area contributed by atoms with Crippen molar-refractivity contribution in [1.82, 2.24) is 0 Å². The van der Waals surface area contributed by atoms with Gasteiger partial charge in [0.1, 0.15) is 5.75 Å². The standard InChI is InChI=1S/C22H29N3O3/c1-4-5-14-28-20-12-10-18(11-13-20)24-21(26)15-23-17-6-8-19(9-7-17)25-22(27)16(2)3/h6-13,16,23H,4-5,14-15H2,1-3H3,(H,24,26)(H,25,27). The number of carbonyl (C=O) groups excluding carboxylic acids is 2. The van der Waals surface area contributed by atoms with Crippen LogP contribution in [0.15, 0.2) is 48.5 Å². The van der Waals surface area contributed by atoms with Crippen LogP contribution < -0.4 is 20.7 Å². The third-order valence-corrected chi connectivity index (χ3v) is 4.03. The summed E-state index contributed by atoms with van der Waals surface area (Å²) in [4.78, 5) is 23.8. The fraction of sp³-hybridized carbons (Fsp3) is 0.364.